The highest BCUT2D eigenvalue weighted by Gasteiger charge is 2.18. The number of aromatic amines is 1. The number of phenolic OH excluding ortho intramolecular Hbond substituents is 1. The zero-order chi connectivity index (χ0) is 21.0. The van der Waals surface area contributed by atoms with Crippen LogP contribution < -0.4 is 15.8 Å². The lowest BCUT2D eigenvalue weighted by Crippen LogP contribution is -2.12. The molecule has 1 heterocycles. The zero-order valence-corrected chi connectivity index (χ0v) is 15.3. The molecule has 150 valence electrons. The predicted octanol–water partition coefficient (Wildman–Crippen LogP) is 3.96. The van der Waals surface area contributed by atoms with Crippen molar-refractivity contribution in [3.05, 3.63) is 58.6 Å². The van der Waals surface area contributed by atoms with Gasteiger partial charge in [-0.1, -0.05) is 17.7 Å². The number of hydrogen-bond donors (Lipinski definition) is 4. The summed E-state index contributed by atoms with van der Waals surface area (Å²) in [5.41, 5.74) is 6.39. The van der Waals surface area contributed by atoms with Gasteiger partial charge in [-0.15, -0.1) is 0 Å². The number of nitrogens with one attached hydrogen (secondary N) is 2. The van der Waals surface area contributed by atoms with E-state index in [0.717, 1.165) is 6.07 Å². The minimum Gasteiger partial charge on any atom is -0.504 e. The lowest BCUT2D eigenvalue weighted by atomic mass is 10.2. The number of anilines is 2. The molecule has 0 bridgehead atoms. The Morgan fingerprint density at radius 3 is 2.79 bits per heavy atom. The van der Waals surface area contributed by atoms with Crippen LogP contribution in [-0.4, -0.2) is 34.0 Å². The van der Waals surface area contributed by atoms with Crippen LogP contribution in [0, 0.1) is 0 Å². The maximum Gasteiger partial charge on any atom is 0.387 e. The third-order valence-corrected chi connectivity index (χ3v) is 3.86. The SMILES string of the molecule is NC(=O)c1c(N=Cc2ccc(OC(F)F)c(O)c2)n[nH]c1Nc1cccc(Cl)c1. The van der Waals surface area contributed by atoms with Crippen molar-refractivity contribution in [1.82, 2.24) is 10.2 Å². The highest BCUT2D eigenvalue weighted by Crippen LogP contribution is 2.29. The van der Waals surface area contributed by atoms with Gasteiger partial charge in [0.2, 0.25) is 0 Å². The molecule has 3 aromatic rings. The number of phenols is 1. The first-order valence-corrected chi connectivity index (χ1v) is 8.44. The second-order valence-electron chi connectivity index (χ2n) is 5.66. The number of primary amides is 1. The van der Waals surface area contributed by atoms with Gasteiger partial charge < -0.3 is 20.9 Å². The van der Waals surface area contributed by atoms with Crippen LogP contribution in [0.25, 0.3) is 0 Å². The van der Waals surface area contributed by atoms with Crippen molar-refractivity contribution in [3.8, 4) is 11.5 Å². The molecule has 0 aliphatic rings. The third-order valence-electron chi connectivity index (χ3n) is 3.62. The average molecular weight is 422 g/mol. The molecule has 5 N–H and O–H groups in total. The number of nitrogens with zero attached hydrogens (tertiary/aromatic N) is 2. The van der Waals surface area contributed by atoms with E-state index in [1.807, 2.05) is 0 Å². The maximum atomic E-state index is 12.2. The van der Waals surface area contributed by atoms with Crippen LogP contribution in [0.4, 0.5) is 26.1 Å². The summed E-state index contributed by atoms with van der Waals surface area (Å²) in [4.78, 5) is 15.9. The summed E-state index contributed by atoms with van der Waals surface area (Å²) < 4.78 is 28.6. The second-order valence-corrected chi connectivity index (χ2v) is 6.10. The fourth-order valence-corrected chi connectivity index (χ4v) is 2.60. The maximum absolute atomic E-state index is 12.2. The quantitative estimate of drug-likeness (QED) is 0.429. The standard InChI is InChI=1S/C18H14ClF2N5O3/c19-10-2-1-3-11(7-10)24-17-14(15(22)28)16(25-26-17)23-8-9-4-5-13(12(27)6-9)29-18(20)21/h1-8,18,27H,(H2,22,28)(H2,24,25,26). The van der Waals surface area contributed by atoms with Gasteiger partial charge in [0.1, 0.15) is 11.4 Å². The Morgan fingerprint density at radius 1 is 1.34 bits per heavy atom. The molecule has 3 rings (SSSR count). The van der Waals surface area contributed by atoms with Crippen LogP contribution in [-0.2, 0) is 0 Å². The summed E-state index contributed by atoms with van der Waals surface area (Å²) in [6.45, 7) is -3.06. The molecule has 0 saturated heterocycles. The van der Waals surface area contributed by atoms with Gasteiger partial charge in [0, 0.05) is 16.9 Å². The van der Waals surface area contributed by atoms with Gasteiger partial charge in [-0.05, 0) is 42.0 Å². The first kappa shape index (κ1) is 20.1. The number of benzene rings is 2. The Balaban J connectivity index is 1.85. The molecule has 0 spiro atoms. The number of aromatic nitrogens is 2. The Bertz CT molecular complexity index is 1070. The molecule has 0 unspecified atom stereocenters. The van der Waals surface area contributed by atoms with Crippen molar-refractivity contribution in [2.75, 3.05) is 5.32 Å². The van der Waals surface area contributed by atoms with E-state index in [9.17, 15) is 18.7 Å². The number of hydrogen-bond acceptors (Lipinski definition) is 6. The number of aliphatic imine (C=N–C) groups is 1. The number of amides is 1. The molecule has 0 atom stereocenters. The van der Waals surface area contributed by atoms with E-state index < -0.39 is 18.3 Å². The van der Waals surface area contributed by atoms with Gasteiger partial charge in [-0.2, -0.15) is 13.9 Å². The Morgan fingerprint density at radius 2 is 2.14 bits per heavy atom. The van der Waals surface area contributed by atoms with Crippen molar-refractivity contribution in [1.29, 1.82) is 0 Å². The molecule has 8 nitrogen and oxygen atoms in total. The molecule has 0 saturated carbocycles. The molecule has 11 heteroatoms. The number of H-pyrrole nitrogens is 1. The molecule has 0 fully saturated rings. The van der Waals surface area contributed by atoms with E-state index in [1.165, 1.54) is 18.3 Å². The first-order chi connectivity index (χ1) is 13.8. The van der Waals surface area contributed by atoms with Crippen LogP contribution in [0.1, 0.15) is 15.9 Å². The highest BCUT2D eigenvalue weighted by molar-refractivity contribution is 6.30. The minimum absolute atomic E-state index is 0.00287. The van der Waals surface area contributed by atoms with Crippen LogP contribution >= 0.6 is 11.6 Å². The smallest absolute Gasteiger partial charge is 0.387 e. The van der Waals surface area contributed by atoms with E-state index in [-0.39, 0.29) is 22.9 Å². The molecule has 0 radical (unpaired) electrons. The summed E-state index contributed by atoms with van der Waals surface area (Å²) >= 11 is 5.94. The number of carbonyl (C=O) groups excluding carboxylic acids is 1. The fraction of sp³-hybridized carbons (Fsp3) is 0.0556. The van der Waals surface area contributed by atoms with Gasteiger partial charge in [0.25, 0.3) is 5.91 Å². The molecule has 1 aromatic heterocycles. The number of ether oxygens (including phenoxy) is 1. The van der Waals surface area contributed by atoms with Gasteiger partial charge in [-0.25, -0.2) is 4.99 Å². The molecule has 0 aliphatic carbocycles. The first-order valence-electron chi connectivity index (χ1n) is 8.06. The monoisotopic (exact) mass is 421 g/mol. The van der Waals surface area contributed by atoms with Crippen molar-refractivity contribution in [3.63, 3.8) is 0 Å². The molecular weight excluding hydrogens is 408 g/mol. The molecule has 1 amide bonds. The van der Waals surface area contributed by atoms with Crippen LogP contribution in [0.15, 0.2) is 47.5 Å². The topological polar surface area (TPSA) is 126 Å². The van der Waals surface area contributed by atoms with Gasteiger partial charge >= 0.3 is 6.61 Å². The summed E-state index contributed by atoms with van der Waals surface area (Å²) in [6.07, 6.45) is 1.28. The number of alkyl halides is 2. The Kier molecular flexibility index (Phi) is 5.93. The number of carbonyl (C=O) groups is 1. The van der Waals surface area contributed by atoms with E-state index in [4.69, 9.17) is 17.3 Å². The lowest BCUT2D eigenvalue weighted by Gasteiger charge is -2.06. The van der Waals surface area contributed by atoms with Crippen molar-refractivity contribution in [2.45, 2.75) is 6.61 Å². The highest BCUT2D eigenvalue weighted by atomic mass is 35.5. The van der Waals surface area contributed by atoms with Crippen LogP contribution in [0.5, 0.6) is 11.5 Å². The average Bonchev–Trinajstić information content (AvgIpc) is 3.04. The Hall–Kier alpha value is -3.66. The lowest BCUT2D eigenvalue weighted by molar-refractivity contribution is -0.0512. The van der Waals surface area contributed by atoms with Gasteiger partial charge in [0.05, 0.1) is 0 Å². The molecule has 0 aliphatic heterocycles. The zero-order valence-electron chi connectivity index (χ0n) is 14.6. The summed E-state index contributed by atoms with van der Waals surface area (Å²) in [6, 6.07) is 10.5. The van der Waals surface area contributed by atoms with E-state index >= 15 is 0 Å². The van der Waals surface area contributed by atoms with E-state index in [0.29, 0.717) is 16.3 Å². The van der Waals surface area contributed by atoms with E-state index in [1.54, 1.807) is 24.3 Å². The molecule has 29 heavy (non-hydrogen) atoms. The van der Waals surface area contributed by atoms with Crippen molar-refractivity contribution in [2.24, 2.45) is 10.7 Å². The normalized spacial score (nSPS) is 11.2. The number of aromatic hydroxyl groups is 1. The predicted molar refractivity (Wildman–Crippen MR) is 104 cm³/mol. The fourth-order valence-electron chi connectivity index (χ4n) is 2.41. The number of rotatable bonds is 7. The summed E-state index contributed by atoms with van der Waals surface area (Å²) in [5, 5.41) is 19.7. The van der Waals surface area contributed by atoms with Gasteiger partial charge in [-0.3, -0.25) is 9.89 Å². The summed E-state index contributed by atoms with van der Waals surface area (Å²) in [7, 11) is 0. The van der Waals surface area contributed by atoms with Crippen LogP contribution in [0.2, 0.25) is 5.02 Å². The molecule has 2 aromatic carbocycles. The van der Waals surface area contributed by atoms with Crippen molar-refractivity contribution >= 4 is 41.0 Å². The number of halogens is 3. The third kappa shape index (κ3) is 4.99. The van der Waals surface area contributed by atoms with Gasteiger partial charge in [0.15, 0.2) is 17.3 Å². The number of nitrogens with two attached hydrogens (primary N) is 1. The van der Waals surface area contributed by atoms with Crippen LogP contribution in [0.3, 0.4) is 0 Å². The Labute approximate surface area is 168 Å². The van der Waals surface area contributed by atoms with Crippen molar-refractivity contribution < 1.29 is 23.4 Å². The largest absolute Gasteiger partial charge is 0.504 e. The van der Waals surface area contributed by atoms with E-state index in [2.05, 4.69) is 25.2 Å². The second kappa shape index (κ2) is 8.57. The minimum atomic E-state index is -3.06. The summed E-state index contributed by atoms with van der Waals surface area (Å²) in [5.74, 6) is -1.43. The molecular formula is C18H14ClF2N5O3.